The van der Waals surface area contributed by atoms with E-state index >= 15 is 0 Å². The standard InChI is InChI=1S/C13H26N2O2/c1-4-15(3)12(16)7-10-14(2)11-13(17)8-5-6-9-13/h17H,4-11H2,1-3H3. The molecule has 1 aliphatic rings. The number of amides is 1. The molecule has 4 nitrogen and oxygen atoms in total. The summed E-state index contributed by atoms with van der Waals surface area (Å²) in [6.45, 7) is 4.15. The Morgan fingerprint density at radius 1 is 1.29 bits per heavy atom. The summed E-state index contributed by atoms with van der Waals surface area (Å²) in [7, 11) is 3.81. The highest BCUT2D eigenvalue weighted by atomic mass is 16.3. The monoisotopic (exact) mass is 242 g/mol. The summed E-state index contributed by atoms with van der Waals surface area (Å²) in [5.74, 6) is 0.178. The Hall–Kier alpha value is -0.610. The lowest BCUT2D eigenvalue weighted by atomic mass is 10.0. The van der Waals surface area contributed by atoms with Crippen LogP contribution in [0.5, 0.6) is 0 Å². The zero-order valence-corrected chi connectivity index (χ0v) is 11.4. The SMILES string of the molecule is CCN(C)C(=O)CCN(C)CC1(O)CCCC1. The predicted molar refractivity (Wildman–Crippen MR) is 68.8 cm³/mol. The maximum absolute atomic E-state index is 11.6. The second kappa shape index (κ2) is 6.36. The van der Waals surface area contributed by atoms with Crippen molar-refractivity contribution in [3.8, 4) is 0 Å². The quantitative estimate of drug-likeness (QED) is 0.758. The molecule has 0 aliphatic heterocycles. The van der Waals surface area contributed by atoms with Gasteiger partial charge in [0, 0.05) is 33.1 Å². The molecule has 1 fully saturated rings. The van der Waals surface area contributed by atoms with Gasteiger partial charge in [-0.2, -0.15) is 0 Å². The number of rotatable bonds is 6. The molecular weight excluding hydrogens is 216 g/mol. The third-order valence-electron chi connectivity index (χ3n) is 3.71. The molecule has 1 saturated carbocycles. The molecule has 4 heteroatoms. The van der Waals surface area contributed by atoms with Gasteiger partial charge in [-0.1, -0.05) is 12.8 Å². The third-order valence-corrected chi connectivity index (χ3v) is 3.71. The first-order valence-corrected chi connectivity index (χ1v) is 6.62. The minimum atomic E-state index is -0.506. The number of hydrogen-bond donors (Lipinski definition) is 1. The van der Waals surface area contributed by atoms with E-state index in [0.717, 1.165) is 38.8 Å². The van der Waals surface area contributed by atoms with Crippen LogP contribution >= 0.6 is 0 Å². The maximum Gasteiger partial charge on any atom is 0.223 e. The lowest BCUT2D eigenvalue weighted by Crippen LogP contribution is -2.40. The van der Waals surface area contributed by atoms with Crippen LogP contribution in [-0.2, 0) is 4.79 Å². The first-order chi connectivity index (χ1) is 7.97. The summed E-state index contributed by atoms with van der Waals surface area (Å²) in [5.41, 5.74) is -0.506. The van der Waals surface area contributed by atoms with Gasteiger partial charge in [-0.15, -0.1) is 0 Å². The van der Waals surface area contributed by atoms with Gasteiger partial charge in [0.05, 0.1) is 5.60 Å². The fourth-order valence-corrected chi connectivity index (χ4v) is 2.43. The molecule has 0 atom stereocenters. The number of carbonyl (C=O) groups is 1. The molecule has 0 aromatic rings. The zero-order valence-electron chi connectivity index (χ0n) is 11.4. The van der Waals surface area contributed by atoms with E-state index in [1.807, 2.05) is 21.0 Å². The second-order valence-corrected chi connectivity index (χ2v) is 5.33. The molecule has 0 bridgehead atoms. The van der Waals surface area contributed by atoms with Crippen LogP contribution in [0.2, 0.25) is 0 Å². The van der Waals surface area contributed by atoms with Crippen molar-refractivity contribution in [2.45, 2.75) is 44.6 Å². The van der Waals surface area contributed by atoms with E-state index in [-0.39, 0.29) is 5.91 Å². The molecule has 1 rings (SSSR count). The van der Waals surface area contributed by atoms with Crippen LogP contribution in [0.4, 0.5) is 0 Å². The Morgan fingerprint density at radius 2 is 1.88 bits per heavy atom. The molecule has 1 aliphatic carbocycles. The first-order valence-electron chi connectivity index (χ1n) is 6.62. The van der Waals surface area contributed by atoms with E-state index in [1.165, 1.54) is 0 Å². The van der Waals surface area contributed by atoms with Crippen molar-refractivity contribution in [1.82, 2.24) is 9.80 Å². The lowest BCUT2D eigenvalue weighted by Gasteiger charge is -2.28. The lowest BCUT2D eigenvalue weighted by molar-refractivity contribution is -0.130. The van der Waals surface area contributed by atoms with Crippen molar-refractivity contribution in [2.75, 3.05) is 33.7 Å². The number of likely N-dealkylation sites (N-methyl/N-ethyl adjacent to an activating group) is 1. The zero-order chi connectivity index (χ0) is 12.9. The molecule has 0 heterocycles. The van der Waals surface area contributed by atoms with Gasteiger partial charge in [0.2, 0.25) is 5.91 Å². The summed E-state index contributed by atoms with van der Waals surface area (Å²) in [4.78, 5) is 15.4. The predicted octanol–water partition coefficient (Wildman–Crippen LogP) is 1.09. The Labute approximate surface area is 105 Å². The van der Waals surface area contributed by atoms with Gasteiger partial charge in [-0.05, 0) is 26.8 Å². The molecule has 0 spiro atoms. The van der Waals surface area contributed by atoms with Crippen molar-refractivity contribution in [2.24, 2.45) is 0 Å². The molecule has 100 valence electrons. The van der Waals surface area contributed by atoms with E-state index in [2.05, 4.69) is 4.90 Å². The Bertz CT molecular complexity index is 250. The summed E-state index contributed by atoms with van der Waals surface area (Å²) < 4.78 is 0. The summed E-state index contributed by atoms with van der Waals surface area (Å²) in [6.07, 6.45) is 4.60. The number of nitrogens with zero attached hydrogens (tertiary/aromatic N) is 2. The van der Waals surface area contributed by atoms with Crippen molar-refractivity contribution in [1.29, 1.82) is 0 Å². The van der Waals surface area contributed by atoms with Gasteiger partial charge in [0.1, 0.15) is 0 Å². The van der Waals surface area contributed by atoms with Crippen molar-refractivity contribution >= 4 is 5.91 Å². The highest BCUT2D eigenvalue weighted by Gasteiger charge is 2.32. The summed E-state index contributed by atoms with van der Waals surface area (Å²) in [5, 5.41) is 10.2. The van der Waals surface area contributed by atoms with E-state index in [0.29, 0.717) is 13.0 Å². The molecule has 1 amide bonds. The number of aliphatic hydroxyl groups is 1. The molecule has 1 N–H and O–H groups in total. The topological polar surface area (TPSA) is 43.8 Å². The van der Waals surface area contributed by atoms with Crippen LogP contribution in [-0.4, -0.2) is 60.1 Å². The first kappa shape index (κ1) is 14.5. The fourth-order valence-electron chi connectivity index (χ4n) is 2.43. The van der Waals surface area contributed by atoms with Crippen molar-refractivity contribution in [3.05, 3.63) is 0 Å². The van der Waals surface area contributed by atoms with Crippen LogP contribution < -0.4 is 0 Å². The molecule has 17 heavy (non-hydrogen) atoms. The largest absolute Gasteiger partial charge is 0.389 e. The highest BCUT2D eigenvalue weighted by Crippen LogP contribution is 2.29. The normalized spacial score (nSPS) is 18.6. The molecule has 0 aromatic carbocycles. The molecule has 0 saturated heterocycles. The van der Waals surface area contributed by atoms with E-state index in [9.17, 15) is 9.90 Å². The Morgan fingerprint density at radius 3 is 2.41 bits per heavy atom. The Balaban J connectivity index is 2.25. The Kier molecular flexibility index (Phi) is 5.40. The van der Waals surface area contributed by atoms with Crippen LogP contribution in [0.3, 0.4) is 0 Å². The average molecular weight is 242 g/mol. The minimum Gasteiger partial charge on any atom is -0.389 e. The average Bonchev–Trinajstić information content (AvgIpc) is 2.71. The summed E-state index contributed by atoms with van der Waals surface area (Å²) in [6, 6.07) is 0. The van der Waals surface area contributed by atoms with Gasteiger partial charge < -0.3 is 14.9 Å². The van der Waals surface area contributed by atoms with Gasteiger partial charge >= 0.3 is 0 Å². The molecule has 0 radical (unpaired) electrons. The molecule has 0 unspecified atom stereocenters. The van der Waals surface area contributed by atoms with Crippen LogP contribution in [0.1, 0.15) is 39.0 Å². The minimum absolute atomic E-state index is 0.178. The van der Waals surface area contributed by atoms with Gasteiger partial charge in [-0.25, -0.2) is 0 Å². The van der Waals surface area contributed by atoms with Crippen LogP contribution in [0.25, 0.3) is 0 Å². The van der Waals surface area contributed by atoms with Crippen molar-refractivity contribution in [3.63, 3.8) is 0 Å². The second-order valence-electron chi connectivity index (χ2n) is 5.33. The number of hydrogen-bond acceptors (Lipinski definition) is 3. The highest BCUT2D eigenvalue weighted by molar-refractivity contribution is 5.75. The smallest absolute Gasteiger partial charge is 0.223 e. The fraction of sp³-hybridized carbons (Fsp3) is 0.923. The number of carbonyl (C=O) groups excluding carboxylic acids is 1. The molecular formula is C13H26N2O2. The van der Waals surface area contributed by atoms with E-state index in [1.54, 1.807) is 4.90 Å². The van der Waals surface area contributed by atoms with Crippen molar-refractivity contribution < 1.29 is 9.90 Å². The van der Waals surface area contributed by atoms with E-state index < -0.39 is 5.60 Å². The van der Waals surface area contributed by atoms with E-state index in [4.69, 9.17) is 0 Å². The third kappa shape index (κ3) is 4.64. The molecule has 0 aromatic heterocycles. The van der Waals surface area contributed by atoms with Crippen LogP contribution in [0, 0.1) is 0 Å². The van der Waals surface area contributed by atoms with Gasteiger partial charge in [0.25, 0.3) is 0 Å². The van der Waals surface area contributed by atoms with Crippen LogP contribution in [0.15, 0.2) is 0 Å². The maximum atomic E-state index is 11.6. The summed E-state index contributed by atoms with van der Waals surface area (Å²) >= 11 is 0. The van der Waals surface area contributed by atoms with Gasteiger partial charge in [-0.3, -0.25) is 4.79 Å². The van der Waals surface area contributed by atoms with Gasteiger partial charge in [0.15, 0.2) is 0 Å².